The highest BCUT2D eigenvalue weighted by atomic mass is 35.5. The largest absolute Gasteiger partial charge is 0.352 e. The highest BCUT2D eigenvalue weighted by Gasteiger charge is 2.32. The Bertz CT molecular complexity index is 1200. The molecule has 0 heterocycles. The van der Waals surface area contributed by atoms with Crippen LogP contribution >= 0.6 is 23.2 Å². The van der Waals surface area contributed by atoms with Crippen LogP contribution in [0.3, 0.4) is 0 Å². The van der Waals surface area contributed by atoms with E-state index in [2.05, 4.69) is 5.32 Å². The Morgan fingerprint density at radius 3 is 2.17 bits per heavy atom. The van der Waals surface area contributed by atoms with Crippen molar-refractivity contribution < 1.29 is 18.0 Å². The number of anilines is 1. The monoisotopic (exact) mass is 555 g/mol. The van der Waals surface area contributed by atoms with E-state index in [9.17, 15) is 18.0 Å². The van der Waals surface area contributed by atoms with E-state index in [0.29, 0.717) is 27.7 Å². The maximum atomic E-state index is 13.7. The average molecular weight is 557 g/mol. The number of nitrogens with zero attached hydrogens (tertiary/aromatic N) is 2. The third kappa shape index (κ3) is 7.85. The zero-order chi connectivity index (χ0) is 27.2. The molecule has 0 aliphatic heterocycles. The van der Waals surface area contributed by atoms with Gasteiger partial charge in [0.2, 0.25) is 21.8 Å². The summed E-state index contributed by atoms with van der Waals surface area (Å²) in [6, 6.07) is 9.34. The Hall–Kier alpha value is -2.29. The van der Waals surface area contributed by atoms with Crippen LogP contribution in [0.4, 0.5) is 5.69 Å². The molecule has 0 saturated heterocycles. The van der Waals surface area contributed by atoms with E-state index >= 15 is 0 Å². The molecule has 198 valence electrons. The number of sulfonamides is 1. The smallest absolute Gasteiger partial charge is 0.244 e. The predicted octanol–water partition coefficient (Wildman–Crippen LogP) is 5.10. The molecule has 0 radical (unpaired) electrons. The van der Waals surface area contributed by atoms with E-state index < -0.39 is 28.5 Å². The predicted molar refractivity (Wildman–Crippen MR) is 147 cm³/mol. The molecule has 10 heteroatoms. The molecule has 0 unspecified atom stereocenters. The first kappa shape index (κ1) is 29.9. The summed E-state index contributed by atoms with van der Waals surface area (Å²) in [7, 11) is -3.79. The Balaban J connectivity index is 2.48. The van der Waals surface area contributed by atoms with Gasteiger partial charge in [0.1, 0.15) is 12.6 Å². The van der Waals surface area contributed by atoms with Crippen LogP contribution in [0, 0.1) is 13.8 Å². The third-order valence-electron chi connectivity index (χ3n) is 6.18. The number of benzene rings is 2. The zero-order valence-corrected chi connectivity index (χ0v) is 24.0. The summed E-state index contributed by atoms with van der Waals surface area (Å²) in [4.78, 5) is 28.3. The van der Waals surface area contributed by atoms with Crippen LogP contribution in [0.25, 0.3) is 0 Å². The molecular weight excluding hydrogens is 521 g/mol. The van der Waals surface area contributed by atoms with Crippen molar-refractivity contribution in [1.29, 1.82) is 0 Å². The van der Waals surface area contributed by atoms with Gasteiger partial charge < -0.3 is 10.2 Å². The van der Waals surface area contributed by atoms with Crippen LogP contribution in [-0.2, 0) is 26.2 Å². The molecule has 0 saturated carbocycles. The minimum absolute atomic E-state index is 0.0622. The van der Waals surface area contributed by atoms with Gasteiger partial charge in [-0.3, -0.25) is 13.9 Å². The number of halogens is 2. The van der Waals surface area contributed by atoms with Gasteiger partial charge >= 0.3 is 0 Å². The summed E-state index contributed by atoms with van der Waals surface area (Å²) in [6.07, 6.45) is 2.14. The second kappa shape index (κ2) is 12.8. The minimum atomic E-state index is -3.79. The Morgan fingerprint density at radius 1 is 0.972 bits per heavy atom. The number of hydrogen-bond donors (Lipinski definition) is 1. The summed E-state index contributed by atoms with van der Waals surface area (Å²) < 4.78 is 26.5. The summed E-state index contributed by atoms with van der Waals surface area (Å²) in [5.41, 5.74) is 2.97. The lowest BCUT2D eigenvalue weighted by Crippen LogP contribution is -2.53. The van der Waals surface area contributed by atoms with Gasteiger partial charge in [-0.25, -0.2) is 8.42 Å². The molecule has 0 aliphatic rings. The lowest BCUT2D eigenvalue weighted by atomic mass is 10.1. The van der Waals surface area contributed by atoms with Gasteiger partial charge in [-0.15, -0.1) is 0 Å². The number of hydrogen-bond acceptors (Lipinski definition) is 4. The second-order valence-electron chi connectivity index (χ2n) is 9.05. The van der Waals surface area contributed by atoms with Crippen LogP contribution in [-0.4, -0.2) is 50.0 Å². The SMILES string of the molecule is CC[C@H](C(=O)N[C@@H](C)CC)N(Cc1ccc(Cl)c(Cl)c1)C(=O)CN(c1ccc(C)c(C)c1)S(C)(=O)=O. The van der Waals surface area contributed by atoms with Crippen molar-refractivity contribution in [3.63, 3.8) is 0 Å². The van der Waals surface area contributed by atoms with Crippen molar-refractivity contribution in [2.24, 2.45) is 0 Å². The first-order valence-corrected chi connectivity index (χ1v) is 14.5. The van der Waals surface area contributed by atoms with Crippen LogP contribution in [0.5, 0.6) is 0 Å². The van der Waals surface area contributed by atoms with Crippen molar-refractivity contribution in [1.82, 2.24) is 10.2 Å². The molecule has 0 bridgehead atoms. The van der Waals surface area contributed by atoms with Crippen molar-refractivity contribution in [3.8, 4) is 0 Å². The number of nitrogens with one attached hydrogen (secondary N) is 1. The standard InChI is InChI=1S/C26H35Cl2N3O4S/c1-7-19(5)29-26(33)24(8-2)30(15-20-10-12-22(27)23(28)14-20)25(32)16-31(36(6,34)35)21-11-9-17(3)18(4)13-21/h9-14,19,24H,7-8,15-16H2,1-6H3,(H,29,33)/t19-,24+/m0/s1. The van der Waals surface area contributed by atoms with E-state index in [0.717, 1.165) is 28.1 Å². The van der Waals surface area contributed by atoms with E-state index in [1.54, 1.807) is 30.3 Å². The minimum Gasteiger partial charge on any atom is -0.352 e. The molecule has 7 nitrogen and oxygen atoms in total. The van der Waals surface area contributed by atoms with Crippen molar-refractivity contribution in [2.75, 3.05) is 17.1 Å². The lowest BCUT2D eigenvalue weighted by molar-refractivity contribution is -0.140. The quantitative estimate of drug-likeness (QED) is 0.418. The summed E-state index contributed by atoms with van der Waals surface area (Å²) >= 11 is 12.2. The molecule has 1 N–H and O–H groups in total. The molecule has 2 amide bonds. The number of amides is 2. The van der Waals surface area contributed by atoms with Crippen LogP contribution in [0.1, 0.15) is 50.3 Å². The number of carbonyl (C=O) groups is 2. The average Bonchev–Trinajstić information content (AvgIpc) is 2.80. The van der Waals surface area contributed by atoms with Gasteiger partial charge in [-0.2, -0.15) is 0 Å². The molecule has 0 spiro atoms. The van der Waals surface area contributed by atoms with E-state index in [1.165, 1.54) is 4.90 Å². The van der Waals surface area contributed by atoms with Gasteiger partial charge in [0.15, 0.2) is 0 Å². The van der Waals surface area contributed by atoms with Gasteiger partial charge in [-0.1, -0.05) is 49.2 Å². The Morgan fingerprint density at radius 2 is 1.64 bits per heavy atom. The zero-order valence-electron chi connectivity index (χ0n) is 21.6. The van der Waals surface area contributed by atoms with Gasteiger partial charge in [0, 0.05) is 12.6 Å². The first-order valence-electron chi connectivity index (χ1n) is 11.9. The highest BCUT2D eigenvalue weighted by Crippen LogP contribution is 2.25. The molecule has 0 aromatic heterocycles. The highest BCUT2D eigenvalue weighted by molar-refractivity contribution is 7.92. The molecule has 2 atom stereocenters. The molecule has 0 fully saturated rings. The fourth-order valence-corrected chi connectivity index (χ4v) is 4.85. The van der Waals surface area contributed by atoms with Gasteiger partial charge in [-0.05, 0) is 74.6 Å². The van der Waals surface area contributed by atoms with Crippen molar-refractivity contribution in [3.05, 3.63) is 63.1 Å². The fourth-order valence-electron chi connectivity index (χ4n) is 3.69. The molecule has 2 rings (SSSR count). The van der Waals surface area contributed by atoms with Crippen LogP contribution in [0.15, 0.2) is 36.4 Å². The van der Waals surface area contributed by atoms with Crippen molar-refractivity contribution in [2.45, 2.75) is 66.1 Å². The van der Waals surface area contributed by atoms with Gasteiger partial charge in [0.05, 0.1) is 22.0 Å². The topological polar surface area (TPSA) is 86.8 Å². The van der Waals surface area contributed by atoms with E-state index in [1.807, 2.05) is 40.7 Å². The van der Waals surface area contributed by atoms with Crippen LogP contribution in [0.2, 0.25) is 10.0 Å². The normalized spacial score (nSPS) is 13.1. The Kier molecular flexibility index (Phi) is 10.6. The third-order valence-corrected chi connectivity index (χ3v) is 8.06. The first-order chi connectivity index (χ1) is 16.8. The molecular formula is C26H35Cl2N3O4S. The fraction of sp³-hybridized carbons (Fsp3) is 0.462. The van der Waals surface area contributed by atoms with Crippen LogP contribution < -0.4 is 9.62 Å². The Labute approximate surface area is 224 Å². The van der Waals surface area contributed by atoms with Gasteiger partial charge in [0.25, 0.3) is 0 Å². The number of aryl methyl sites for hydroxylation is 2. The number of rotatable bonds is 11. The van der Waals surface area contributed by atoms with E-state index in [-0.39, 0.29) is 18.5 Å². The number of carbonyl (C=O) groups excluding carboxylic acids is 2. The maximum Gasteiger partial charge on any atom is 0.244 e. The summed E-state index contributed by atoms with van der Waals surface area (Å²) in [5, 5.41) is 3.64. The molecule has 36 heavy (non-hydrogen) atoms. The summed E-state index contributed by atoms with van der Waals surface area (Å²) in [6.45, 7) is 9.08. The summed E-state index contributed by atoms with van der Waals surface area (Å²) in [5.74, 6) is -0.798. The maximum absolute atomic E-state index is 13.7. The molecule has 0 aliphatic carbocycles. The van der Waals surface area contributed by atoms with Crippen molar-refractivity contribution >= 4 is 50.7 Å². The lowest BCUT2D eigenvalue weighted by Gasteiger charge is -2.33. The second-order valence-corrected chi connectivity index (χ2v) is 11.8. The van der Waals surface area contributed by atoms with E-state index in [4.69, 9.17) is 23.2 Å². The molecule has 2 aromatic carbocycles. The molecule has 2 aromatic rings.